The SMILES string of the molecule is CCOc1ccc(C(C)NC(=O)N2CCC(C3CCCCO3)CC2)cc1OC. The Balaban J connectivity index is 1.52. The number of ether oxygens (including phenoxy) is 3. The number of nitrogens with one attached hydrogen (secondary N) is 1. The molecule has 2 fully saturated rings. The molecule has 0 aliphatic carbocycles. The first-order valence-corrected chi connectivity index (χ1v) is 10.6. The lowest BCUT2D eigenvalue weighted by atomic mass is 9.87. The van der Waals surface area contributed by atoms with Crippen LogP contribution in [-0.2, 0) is 4.74 Å². The highest BCUT2D eigenvalue weighted by molar-refractivity contribution is 5.74. The van der Waals surface area contributed by atoms with Crippen molar-refractivity contribution in [3.63, 3.8) is 0 Å². The van der Waals surface area contributed by atoms with Crippen LogP contribution in [0.1, 0.15) is 57.6 Å². The Morgan fingerprint density at radius 2 is 2.04 bits per heavy atom. The quantitative estimate of drug-likeness (QED) is 0.793. The molecule has 0 bridgehead atoms. The van der Waals surface area contributed by atoms with Crippen molar-refractivity contribution in [2.75, 3.05) is 33.4 Å². The molecule has 2 amide bonds. The van der Waals surface area contributed by atoms with Crippen molar-refractivity contribution in [1.29, 1.82) is 0 Å². The molecule has 0 saturated carbocycles. The molecule has 28 heavy (non-hydrogen) atoms. The number of carbonyl (C=O) groups excluding carboxylic acids is 1. The Morgan fingerprint density at radius 1 is 1.25 bits per heavy atom. The number of amides is 2. The summed E-state index contributed by atoms with van der Waals surface area (Å²) in [5.74, 6) is 2.00. The fraction of sp³-hybridized carbons (Fsp3) is 0.682. The fourth-order valence-corrected chi connectivity index (χ4v) is 4.20. The van der Waals surface area contributed by atoms with E-state index in [9.17, 15) is 4.79 Å². The molecule has 3 rings (SSSR count). The molecule has 1 N–H and O–H groups in total. The molecule has 156 valence electrons. The highest BCUT2D eigenvalue weighted by Crippen LogP contribution is 2.31. The van der Waals surface area contributed by atoms with Gasteiger partial charge in [-0.25, -0.2) is 4.79 Å². The van der Waals surface area contributed by atoms with Crippen molar-refractivity contribution in [3.8, 4) is 11.5 Å². The predicted octanol–water partition coefficient (Wildman–Crippen LogP) is 4.15. The first kappa shape index (κ1) is 20.8. The van der Waals surface area contributed by atoms with Crippen molar-refractivity contribution in [2.24, 2.45) is 5.92 Å². The van der Waals surface area contributed by atoms with Crippen LogP contribution in [0.2, 0.25) is 0 Å². The van der Waals surface area contributed by atoms with Crippen molar-refractivity contribution < 1.29 is 19.0 Å². The minimum Gasteiger partial charge on any atom is -0.493 e. The van der Waals surface area contributed by atoms with E-state index in [4.69, 9.17) is 14.2 Å². The van der Waals surface area contributed by atoms with Crippen LogP contribution in [0.5, 0.6) is 11.5 Å². The van der Waals surface area contributed by atoms with Gasteiger partial charge < -0.3 is 24.4 Å². The molecule has 0 radical (unpaired) electrons. The molecule has 6 nitrogen and oxygen atoms in total. The van der Waals surface area contributed by atoms with E-state index in [1.165, 1.54) is 19.3 Å². The van der Waals surface area contributed by atoms with Gasteiger partial charge in [0.15, 0.2) is 11.5 Å². The van der Waals surface area contributed by atoms with E-state index in [1.807, 2.05) is 36.9 Å². The van der Waals surface area contributed by atoms with Gasteiger partial charge >= 0.3 is 6.03 Å². The van der Waals surface area contributed by atoms with Crippen LogP contribution in [0.4, 0.5) is 4.79 Å². The van der Waals surface area contributed by atoms with Crippen molar-refractivity contribution in [2.45, 2.75) is 58.1 Å². The van der Waals surface area contributed by atoms with Crippen molar-refractivity contribution >= 4 is 6.03 Å². The third-order valence-electron chi connectivity index (χ3n) is 5.90. The molecule has 6 heteroatoms. The Morgan fingerprint density at radius 3 is 2.68 bits per heavy atom. The maximum Gasteiger partial charge on any atom is 0.317 e. The van der Waals surface area contributed by atoms with Crippen LogP contribution in [0.15, 0.2) is 18.2 Å². The van der Waals surface area contributed by atoms with Crippen LogP contribution in [0, 0.1) is 5.92 Å². The van der Waals surface area contributed by atoms with Gasteiger partial charge in [-0.15, -0.1) is 0 Å². The second-order valence-corrected chi connectivity index (χ2v) is 7.74. The van der Waals surface area contributed by atoms with Crippen molar-refractivity contribution in [1.82, 2.24) is 10.2 Å². The zero-order chi connectivity index (χ0) is 19.9. The number of urea groups is 1. The summed E-state index contributed by atoms with van der Waals surface area (Å²) in [7, 11) is 1.63. The number of hydrogen-bond acceptors (Lipinski definition) is 4. The molecule has 2 heterocycles. The molecule has 2 saturated heterocycles. The van der Waals surface area contributed by atoms with E-state index in [2.05, 4.69) is 5.32 Å². The van der Waals surface area contributed by atoms with Gasteiger partial charge in [0, 0.05) is 19.7 Å². The van der Waals surface area contributed by atoms with Crippen molar-refractivity contribution in [3.05, 3.63) is 23.8 Å². The summed E-state index contributed by atoms with van der Waals surface area (Å²) in [5.41, 5.74) is 0.999. The number of likely N-dealkylation sites (tertiary alicyclic amines) is 1. The molecule has 2 unspecified atom stereocenters. The second-order valence-electron chi connectivity index (χ2n) is 7.74. The van der Waals surface area contributed by atoms with E-state index in [0.29, 0.717) is 24.4 Å². The summed E-state index contributed by atoms with van der Waals surface area (Å²) in [4.78, 5) is 14.6. The number of hydrogen-bond donors (Lipinski definition) is 1. The summed E-state index contributed by atoms with van der Waals surface area (Å²) in [6.45, 7) is 7.03. The number of methoxy groups -OCH3 is 1. The second kappa shape index (κ2) is 10.0. The van der Waals surface area contributed by atoms with Gasteiger partial charge in [-0.1, -0.05) is 6.07 Å². The molecule has 2 aliphatic heterocycles. The Bertz CT molecular complexity index is 637. The molecule has 1 aromatic carbocycles. The van der Waals surface area contributed by atoms with Gasteiger partial charge in [-0.3, -0.25) is 0 Å². The first-order chi connectivity index (χ1) is 13.6. The summed E-state index contributed by atoms with van der Waals surface area (Å²) in [6.07, 6.45) is 6.09. The average Bonchev–Trinajstić information content (AvgIpc) is 2.75. The lowest BCUT2D eigenvalue weighted by molar-refractivity contribution is -0.0349. The Hall–Kier alpha value is -1.95. The normalized spacial score (nSPS) is 21.8. The number of piperidine rings is 1. The number of carbonyl (C=O) groups is 1. The third-order valence-corrected chi connectivity index (χ3v) is 5.90. The Labute approximate surface area is 168 Å². The van der Waals surface area contributed by atoms with Crippen LogP contribution in [0.25, 0.3) is 0 Å². The van der Waals surface area contributed by atoms with Crippen LogP contribution >= 0.6 is 0 Å². The molecule has 0 aromatic heterocycles. The third kappa shape index (κ3) is 5.10. The minimum atomic E-state index is -0.100. The van der Waals surface area contributed by atoms with Gasteiger partial charge in [0.2, 0.25) is 0 Å². The highest BCUT2D eigenvalue weighted by Gasteiger charge is 2.30. The van der Waals surface area contributed by atoms with E-state index in [-0.39, 0.29) is 12.1 Å². The van der Waals surface area contributed by atoms with Gasteiger partial charge in [-0.2, -0.15) is 0 Å². The first-order valence-electron chi connectivity index (χ1n) is 10.6. The Kier molecular flexibility index (Phi) is 7.43. The van der Waals surface area contributed by atoms with Crippen LogP contribution < -0.4 is 14.8 Å². The molecule has 2 aliphatic rings. The van der Waals surface area contributed by atoms with Crippen LogP contribution in [-0.4, -0.2) is 50.4 Å². The standard InChI is InChI=1S/C22H34N2O4/c1-4-27-20-9-8-18(15-21(20)26-3)16(2)23-22(25)24-12-10-17(11-13-24)19-7-5-6-14-28-19/h8-9,15-17,19H,4-7,10-14H2,1-3H3,(H,23,25). The van der Waals surface area contributed by atoms with E-state index in [0.717, 1.165) is 43.9 Å². The summed E-state index contributed by atoms with van der Waals surface area (Å²) < 4.78 is 16.9. The molecular formula is C22H34N2O4. The average molecular weight is 391 g/mol. The van der Waals surface area contributed by atoms with Gasteiger partial charge in [0.1, 0.15) is 0 Å². The zero-order valence-corrected chi connectivity index (χ0v) is 17.4. The van der Waals surface area contributed by atoms with Crippen LogP contribution in [0.3, 0.4) is 0 Å². The summed E-state index contributed by atoms with van der Waals surface area (Å²) in [5, 5.41) is 3.12. The smallest absolute Gasteiger partial charge is 0.317 e. The summed E-state index contributed by atoms with van der Waals surface area (Å²) in [6, 6.07) is 5.71. The molecule has 1 aromatic rings. The van der Waals surface area contributed by atoms with E-state index < -0.39 is 0 Å². The van der Waals surface area contributed by atoms with Gasteiger partial charge in [-0.05, 0) is 69.6 Å². The number of benzene rings is 1. The molecule has 0 spiro atoms. The lowest BCUT2D eigenvalue weighted by Gasteiger charge is -2.37. The fourth-order valence-electron chi connectivity index (χ4n) is 4.20. The lowest BCUT2D eigenvalue weighted by Crippen LogP contribution is -2.47. The van der Waals surface area contributed by atoms with E-state index >= 15 is 0 Å². The number of rotatable bonds is 6. The molecular weight excluding hydrogens is 356 g/mol. The van der Waals surface area contributed by atoms with Gasteiger partial charge in [0.05, 0.1) is 25.9 Å². The zero-order valence-electron chi connectivity index (χ0n) is 17.4. The minimum absolute atomic E-state index is 0.00311. The van der Waals surface area contributed by atoms with Gasteiger partial charge in [0.25, 0.3) is 0 Å². The topological polar surface area (TPSA) is 60.0 Å². The molecule has 2 atom stereocenters. The highest BCUT2D eigenvalue weighted by atomic mass is 16.5. The number of nitrogens with zero attached hydrogens (tertiary/aromatic N) is 1. The predicted molar refractivity (Wildman–Crippen MR) is 109 cm³/mol. The maximum atomic E-state index is 12.7. The largest absolute Gasteiger partial charge is 0.493 e. The maximum absolute atomic E-state index is 12.7. The summed E-state index contributed by atoms with van der Waals surface area (Å²) >= 11 is 0. The van der Waals surface area contributed by atoms with E-state index in [1.54, 1.807) is 7.11 Å². The monoisotopic (exact) mass is 390 g/mol.